The minimum absolute atomic E-state index is 0.0476. The number of carbonyl (C=O) groups is 3. The Bertz CT molecular complexity index is 1020. The van der Waals surface area contributed by atoms with E-state index in [9.17, 15) is 24.5 Å². The molecule has 2 aromatic carbocycles. The molecule has 0 aliphatic heterocycles. The Morgan fingerprint density at radius 3 is 2.52 bits per heavy atom. The van der Waals surface area contributed by atoms with E-state index in [1.165, 1.54) is 18.2 Å². The zero-order chi connectivity index (χ0) is 23.0. The molecular weight excluding hydrogens is 561 g/mol. The average Bonchev–Trinajstić information content (AvgIpc) is 2.70. The zero-order valence-electron chi connectivity index (χ0n) is 15.8. The summed E-state index contributed by atoms with van der Waals surface area (Å²) in [5, 5.41) is 16.1. The van der Waals surface area contributed by atoms with E-state index in [2.05, 4.69) is 42.5 Å². The number of para-hydroxylation sites is 2. The lowest BCUT2D eigenvalue weighted by molar-refractivity contribution is -0.383. The molecule has 2 aromatic rings. The fraction of sp³-hybridized carbons (Fsp3) is 0.211. The number of nitrogens with zero attached hydrogens (tertiary/aromatic N) is 1. The van der Waals surface area contributed by atoms with Gasteiger partial charge in [0.05, 0.1) is 22.2 Å². The van der Waals surface area contributed by atoms with Gasteiger partial charge in [0, 0.05) is 22.6 Å². The second kappa shape index (κ2) is 11.8. The number of ether oxygens (including phenoxy) is 1. The van der Waals surface area contributed by atoms with Gasteiger partial charge in [0.2, 0.25) is 11.8 Å². The number of carbonyl (C=O) groups excluding carboxylic acids is 3. The molecule has 0 aromatic heterocycles. The van der Waals surface area contributed by atoms with Crippen LogP contribution >= 0.6 is 43.5 Å². The van der Waals surface area contributed by atoms with E-state index in [1.54, 1.807) is 18.2 Å². The molecule has 2 amide bonds. The number of rotatable bonds is 9. The number of alkyl halides is 1. The largest absolute Gasteiger partial charge is 0.425 e. The second-order valence-electron chi connectivity index (χ2n) is 6.08. The molecule has 164 valence electrons. The first kappa shape index (κ1) is 24.8. The third-order valence-corrected chi connectivity index (χ3v) is 5.09. The Hall–Kier alpha value is -2.50. The van der Waals surface area contributed by atoms with Crippen molar-refractivity contribution >= 4 is 72.6 Å². The predicted octanol–water partition coefficient (Wildman–Crippen LogP) is 3.95. The number of nitro groups is 1. The number of nitrogens with one attached hydrogen (secondary N) is 2. The quantitative estimate of drug-likeness (QED) is 0.153. The summed E-state index contributed by atoms with van der Waals surface area (Å²) in [6.45, 7) is 0.0476. The molecule has 0 aliphatic carbocycles. The van der Waals surface area contributed by atoms with Gasteiger partial charge in [-0.1, -0.05) is 28.1 Å². The van der Waals surface area contributed by atoms with E-state index in [0.717, 1.165) is 0 Å². The van der Waals surface area contributed by atoms with Crippen molar-refractivity contribution in [3.8, 4) is 5.75 Å². The fourth-order valence-corrected chi connectivity index (χ4v) is 3.97. The lowest BCUT2D eigenvalue weighted by Crippen LogP contribution is -2.28. The van der Waals surface area contributed by atoms with Gasteiger partial charge in [0.1, 0.15) is 17.3 Å². The summed E-state index contributed by atoms with van der Waals surface area (Å²) in [6.07, 6.45) is -0.317. The van der Waals surface area contributed by atoms with E-state index in [-0.39, 0.29) is 42.4 Å². The van der Waals surface area contributed by atoms with Gasteiger partial charge in [0.15, 0.2) is 0 Å². The molecule has 0 saturated heterocycles. The number of nitro benzene ring substituents is 1. The highest BCUT2D eigenvalue weighted by Crippen LogP contribution is 2.34. The molecule has 0 heterocycles. The molecule has 2 rings (SSSR count). The number of benzene rings is 2. The van der Waals surface area contributed by atoms with Gasteiger partial charge in [0.25, 0.3) is 5.69 Å². The number of hydrogen-bond donors (Lipinski definition) is 2. The molecule has 0 aliphatic rings. The van der Waals surface area contributed by atoms with Crippen molar-refractivity contribution < 1.29 is 24.0 Å². The summed E-state index contributed by atoms with van der Waals surface area (Å²) in [7, 11) is 0. The molecule has 2 N–H and O–H groups in total. The van der Waals surface area contributed by atoms with Crippen LogP contribution < -0.4 is 15.4 Å². The van der Waals surface area contributed by atoms with Crippen molar-refractivity contribution in [3.05, 3.63) is 61.0 Å². The Labute approximate surface area is 198 Å². The number of esters is 1. The third kappa shape index (κ3) is 7.60. The van der Waals surface area contributed by atoms with Gasteiger partial charge in [-0.25, -0.2) is 0 Å². The standard InChI is InChI=1S/C19H16Br2ClN3O6/c20-12-7-11(8-16(26)24-14-3-1-2-4-15(14)25(29)30)19(13(21)9-12)31-18(28)5-6-23-17(27)10-22/h1-4,7,9H,5-6,8,10H2,(H,23,27)(H,24,26). The first-order valence-electron chi connectivity index (χ1n) is 8.75. The summed E-state index contributed by atoms with van der Waals surface area (Å²) < 4.78 is 6.43. The fourth-order valence-electron chi connectivity index (χ4n) is 2.48. The first-order chi connectivity index (χ1) is 14.7. The van der Waals surface area contributed by atoms with Crippen molar-refractivity contribution in [2.24, 2.45) is 0 Å². The van der Waals surface area contributed by atoms with E-state index in [4.69, 9.17) is 16.3 Å². The molecular formula is C19H16Br2ClN3O6. The molecule has 0 saturated carbocycles. The van der Waals surface area contributed by atoms with Crippen molar-refractivity contribution in [1.82, 2.24) is 5.32 Å². The number of anilines is 1. The van der Waals surface area contributed by atoms with Gasteiger partial charge in [-0.2, -0.15) is 0 Å². The van der Waals surface area contributed by atoms with Crippen LogP contribution in [0.15, 0.2) is 45.3 Å². The molecule has 0 spiro atoms. The number of hydrogen-bond acceptors (Lipinski definition) is 6. The first-order valence-corrected chi connectivity index (χ1v) is 10.9. The Morgan fingerprint density at radius 2 is 1.84 bits per heavy atom. The molecule has 9 nitrogen and oxygen atoms in total. The molecule has 0 bridgehead atoms. The van der Waals surface area contributed by atoms with Crippen LogP contribution in [0.25, 0.3) is 0 Å². The molecule has 0 atom stereocenters. The maximum atomic E-state index is 12.5. The van der Waals surface area contributed by atoms with Crippen LogP contribution in [-0.2, 0) is 20.8 Å². The summed E-state index contributed by atoms with van der Waals surface area (Å²) in [5.41, 5.74) is 0.188. The van der Waals surface area contributed by atoms with E-state index in [1.807, 2.05) is 0 Å². The van der Waals surface area contributed by atoms with Crippen LogP contribution in [0, 0.1) is 10.1 Å². The van der Waals surface area contributed by atoms with Gasteiger partial charge in [-0.3, -0.25) is 24.5 Å². The topological polar surface area (TPSA) is 128 Å². The van der Waals surface area contributed by atoms with Gasteiger partial charge >= 0.3 is 5.97 Å². The summed E-state index contributed by atoms with van der Waals surface area (Å²) >= 11 is 12.0. The van der Waals surface area contributed by atoms with Crippen molar-refractivity contribution in [2.45, 2.75) is 12.8 Å². The normalized spacial score (nSPS) is 10.3. The van der Waals surface area contributed by atoms with Gasteiger partial charge < -0.3 is 15.4 Å². The van der Waals surface area contributed by atoms with Crippen LogP contribution in [-0.4, -0.2) is 35.1 Å². The molecule has 12 heteroatoms. The van der Waals surface area contributed by atoms with E-state index in [0.29, 0.717) is 14.5 Å². The Kier molecular flexibility index (Phi) is 9.41. The lowest BCUT2D eigenvalue weighted by atomic mass is 10.1. The zero-order valence-corrected chi connectivity index (χ0v) is 19.8. The minimum Gasteiger partial charge on any atom is -0.425 e. The van der Waals surface area contributed by atoms with Crippen molar-refractivity contribution in [2.75, 3.05) is 17.7 Å². The minimum atomic E-state index is -0.627. The summed E-state index contributed by atoms with van der Waals surface area (Å²) in [5.74, 6) is -1.66. The SMILES string of the molecule is O=C(CCl)NCCC(=O)Oc1c(Br)cc(Br)cc1CC(=O)Nc1ccccc1[N+](=O)[O-]. The number of halogens is 3. The molecule has 31 heavy (non-hydrogen) atoms. The summed E-state index contributed by atoms with van der Waals surface area (Å²) in [4.78, 5) is 46.4. The van der Waals surface area contributed by atoms with Crippen LogP contribution in [0.1, 0.15) is 12.0 Å². The highest BCUT2D eigenvalue weighted by molar-refractivity contribution is 9.11. The maximum absolute atomic E-state index is 12.5. The molecule has 0 radical (unpaired) electrons. The Morgan fingerprint density at radius 1 is 1.13 bits per heavy atom. The Balaban J connectivity index is 2.14. The van der Waals surface area contributed by atoms with Crippen molar-refractivity contribution in [3.63, 3.8) is 0 Å². The smallest absolute Gasteiger partial charge is 0.313 e. The highest BCUT2D eigenvalue weighted by atomic mass is 79.9. The summed E-state index contributed by atoms with van der Waals surface area (Å²) in [6, 6.07) is 8.99. The molecule has 0 fully saturated rings. The number of amides is 2. The monoisotopic (exact) mass is 575 g/mol. The lowest BCUT2D eigenvalue weighted by Gasteiger charge is -2.13. The van der Waals surface area contributed by atoms with E-state index < -0.39 is 22.7 Å². The predicted molar refractivity (Wildman–Crippen MR) is 121 cm³/mol. The van der Waals surface area contributed by atoms with Crippen molar-refractivity contribution in [1.29, 1.82) is 0 Å². The van der Waals surface area contributed by atoms with Crippen LogP contribution in [0.2, 0.25) is 0 Å². The van der Waals surface area contributed by atoms with Crippen LogP contribution in [0.4, 0.5) is 11.4 Å². The molecule has 0 unspecified atom stereocenters. The third-order valence-electron chi connectivity index (χ3n) is 3.80. The van der Waals surface area contributed by atoms with Crippen LogP contribution in [0.3, 0.4) is 0 Å². The van der Waals surface area contributed by atoms with Gasteiger partial charge in [-0.15, -0.1) is 11.6 Å². The van der Waals surface area contributed by atoms with Gasteiger partial charge in [-0.05, 0) is 34.1 Å². The van der Waals surface area contributed by atoms with Crippen LogP contribution in [0.5, 0.6) is 5.75 Å². The highest BCUT2D eigenvalue weighted by Gasteiger charge is 2.19. The average molecular weight is 578 g/mol. The van der Waals surface area contributed by atoms with E-state index >= 15 is 0 Å². The second-order valence-corrected chi connectivity index (χ2v) is 8.12. The maximum Gasteiger partial charge on any atom is 0.313 e.